The smallest absolute Gasteiger partial charge is 0.423 e. The maximum Gasteiger partial charge on any atom is 0.423 e. The number of carbonyl (C=O) groups excluding carboxylic acids is 1. The molecule has 0 unspecified atom stereocenters. The van der Waals surface area contributed by atoms with Crippen LogP contribution < -0.4 is 4.72 Å². The number of amides is 1. The summed E-state index contributed by atoms with van der Waals surface area (Å²) < 4.78 is 35.8. The van der Waals surface area contributed by atoms with Crippen molar-refractivity contribution < 1.29 is 21.8 Å². The summed E-state index contributed by atoms with van der Waals surface area (Å²) in [5.41, 5.74) is 0. The van der Waals surface area contributed by atoms with Crippen molar-refractivity contribution in [1.82, 2.24) is 4.72 Å². The molecule has 0 bridgehead atoms. The molecule has 11 heavy (non-hydrogen) atoms. The lowest BCUT2D eigenvalue weighted by Gasteiger charge is -1.97. The van der Waals surface area contributed by atoms with E-state index in [0.717, 1.165) is 4.72 Å². The Morgan fingerprint density at radius 3 is 2.64 bits per heavy atom. The molecule has 0 aliphatic carbocycles. The first kappa shape index (κ1) is 9.71. The summed E-state index contributed by atoms with van der Waals surface area (Å²) in [6.45, 7) is -0.415. The first-order chi connectivity index (χ1) is 4.95. The molecule has 62 valence electrons. The zero-order valence-electron chi connectivity index (χ0n) is 5.20. The zero-order chi connectivity index (χ0) is 8.91. The highest BCUT2D eigenvalue weighted by Crippen LogP contribution is 1.85. The van der Waals surface area contributed by atoms with Crippen molar-refractivity contribution in [3.63, 3.8) is 0 Å². The fraction of sp³-hybridized carbons (Fsp3) is 0.250. The molecule has 7 heteroatoms. The second kappa shape index (κ2) is 3.78. The van der Waals surface area contributed by atoms with Gasteiger partial charge in [-0.3, -0.25) is 0 Å². The number of halogens is 1. The van der Waals surface area contributed by atoms with Gasteiger partial charge in [0.15, 0.2) is 6.61 Å². The molecule has 0 radical (unpaired) electrons. The van der Waals surface area contributed by atoms with Crippen LogP contribution in [0.5, 0.6) is 0 Å². The summed E-state index contributed by atoms with van der Waals surface area (Å²) in [5.74, 6) is 1.88. The van der Waals surface area contributed by atoms with E-state index in [1.165, 1.54) is 0 Å². The van der Waals surface area contributed by atoms with E-state index in [2.05, 4.69) is 11.2 Å². The Hall–Kier alpha value is -1.29. The van der Waals surface area contributed by atoms with Gasteiger partial charge in [-0.05, 0) is 0 Å². The second-order valence-electron chi connectivity index (χ2n) is 1.32. The van der Waals surface area contributed by atoms with E-state index in [9.17, 15) is 17.1 Å². The van der Waals surface area contributed by atoms with Gasteiger partial charge in [-0.15, -0.1) is 6.42 Å². The van der Waals surface area contributed by atoms with E-state index in [1.807, 2.05) is 5.92 Å². The Labute approximate surface area is 62.9 Å². The van der Waals surface area contributed by atoms with Crippen molar-refractivity contribution in [3.8, 4) is 12.3 Å². The molecule has 0 heterocycles. The third-order valence-electron chi connectivity index (χ3n) is 0.492. The molecule has 1 N–H and O–H groups in total. The normalized spacial score (nSPS) is 9.82. The predicted octanol–water partition coefficient (Wildman–Crippen LogP) is -0.440. The predicted molar refractivity (Wildman–Crippen MR) is 33.3 cm³/mol. The molecule has 0 saturated heterocycles. The lowest BCUT2D eigenvalue weighted by Crippen LogP contribution is -2.27. The van der Waals surface area contributed by atoms with Crippen LogP contribution in [0.2, 0.25) is 0 Å². The molecule has 0 aliphatic heterocycles. The Balaban J connectivity index is 3.83. The molecule has 0 aromatic heterocycles. The summed E-state index contributed by atoms with van der Waals surface area (Å²) in [4.78, 5) is 10.2. The van der Waals surface area contributed by atoms with Gasteiger partial charge in [0.2, 0.25) is 0 Å². The fourth-order valence-corrected chi connectivity index (χ4v) is 0.494. The SMILES string of the molecule is C#CCOC(=O)NS(=O)(=O)F. The van der Waals surface area contributed by atoms with Crippen LogP contribution in [0.1, 0.15) is 0 Å². The third-order valence-corrected chi connectivity index (χ3v) is 0.902. The van der Waals surface area contributed by atoms with Crippen LogP contribution >= 0.6 is 0 Å². The van der Waals surface area contributed by atoms with Gasteiger partial charge in [-0.25, -0.2) is 4.79 Å². The molecule has 0 atom stereocenters. The van der Waals surface area contributed by atoms with Crippen molar-refractivity contribution >= 4 is 16.5 Å². The third kappa shape index (κ3) is 6.60. The van der Waals surface area contributed by atoms with Crippen LogP contribution in [0, 0.1) is 12.3 Å². The second-order valence-corrected chi connectivity index (χ2v) is 2.40. The van der Waals surface area contributed by atoms with Crippen molar-refractivity contribution in [1.29, 1.82) is 0 Å². The molecule has 0 fully saturated rings. The van der Waals surface area contributed by atoms with Gasteiger partial charge in [0, 0.05) is 0 Å². The van der Waals surface area contributed by atoms with Gasteiger partial charge in [0.05, 0.1) is 0 Å². The van der Waals surface area contributed by atoms with Crippen LogP contribution in [0.15, 0.2) is 0 Å². The van der Waals surface area contributed by atoms with Gasteiger partial charge in [0.25, 0.3) is 0 Å². The molecule has 1 amide bonds. The summed E-state index contributed by atoms with van der Waals surface area (Å²) in [6, 6.07) is 0. The quantitative estimate of drug-likeness (QED) is 0.463. The topological polar surface area (TPSA) is 72.5 Å². The highest BCUT2D eigenvalue weighted by Gasteiger charge is 2.11. The number of hydrogen-bond acceptors (Lipinski definition) is 4. The molecule has 5 nitrogen and oxygen atoms in total. The van der Waals surface area contributed by atoms with Gasteiger partial charge >= 0.3 is 16.5 Å². The van der Waals surface area contributed by atoms with Crippen molar-refractivity contribution in [2.45, 2.75) is 0 Å². The van der Waals surface area contributed by atoms with E-state index in [0.29, 0.717) is 0 Å². The average Bonchev–Trinajstić information content (AvgIpc) is 1.79. The number of carbonyl (C=O) groups is 1. The number of terminal acetylenes is 1. The minimum atomic E-state index is -5.05. The minimum Gasteiger partial charge on any atom is -0.436 e. The summed E-state index contributed by atoms with van der Waals surface area (Å²) in [7, 11) is -5.05. The first-order valence-corrected chi connectivity index (χ1v) is 3.66. The maximum atomic E-state index is 11.6. The number of nitrogens with one attached hydrogen (secondary N) is 1. The molecule has 0 aromatic carbocycles. The Bertz CT molecular complexity index is 277. The van der Waals surface area contributed by atoms with Crippen LogP contribution in [-0.2, 0) is 15.1 Å². The van der Waals surface area contributed by atoms with E-state index < -0.39 is 23.1 Å². The lowest BCUT2D eigenvalue weighted by molar-refractivity contribution is 0.166. The molecule has 0 aliphatic rings. The first-order valence-electron chi connectivity index (χ1n) is 2.28. The number of rotatable bonds is 2. The molecular weight excluding hydrogens is 177 g/mol. The number of ether oxygens (including phenoxy) is 1. The fourth-order valence-electron chi connectivity index (χ4n) is 0.236. The van der Waals surface area contributed by atoms with E-state index in [-0.39, 0.29) is 0 Å². The molecule has 0 aromatic rings. The van der Waals surface area contributed by atoms with Gasteiger partial charge in [-0.2, -0.15) is 13.1 Å². The monoisotopic (exact) mass is 181 g/mol. The highest BCUT2D eigenvalue weighted by atomic mass is 32.3. The van der Waals surface area contributed by atoms with Crippen molar-refractivity contribution in [2.75, 3.05) is 6.61 Å². The highest BCUT2D eigenvalue weighted by molar-refractivity contribution is 7.84. The summed E-state index contributed by atoms with van der Waals surface area (Å²) in [5, 5.41) is 0. The molecule has 0 saturated carbocycles. The van der Waals surface area contributed by atoms with E-state index in [4.69, 9.17) is 0 Å². The van der Waals surface area contributed by atoms with Crippen molar-refractivity contribution in [3.05, 3.63) is 0 Å². The maximum absolute atomic E-state index is 11.6. The lowest BCUT2D eigenvalue weighted by atomic mass is 10.8. The van der Waals surface area contributed by atoms with Crippen LogP contribution in [0.25, 0.3) is 0 Å². The van der Waals surface area contributed by atoms with Crippen LogP contribution in [0.3, 0.4) is 0 Å². The average molecular weight is 181 g/mol. The molecule has 0 rings (SSSR count). The zero-order valence-corrected chi connectivity index (χ0v) is 6.02. The van der Waals surface area contributed by atoms with E-state index in [1.54, 1.807) is 0 Å². The van der Waals surface area contributed by atoms with Crippen LogP contribution in [0.4, 0.5) is 8.68 Å². The minimum absolute atomic E-state index is 0.415. The molecule has 0 spiro atoms. The Morgan fingerprint density at radius 2 is 2.27 bits per heavy atom. The standard InChI is InChI=1S/C4H4FNO4S/c1-2-3-10-4(7)6-11(5,8)9/h1H,3H2,(H,6,7). The van der Waals surface area contributed by atoms with Gasteiger partial charge in [-0.1, -0.05) is 9.81 Å². The van der Waals surface area contributed by atoms with Crippen LogP contribution in [-0.4, -0.2) is 21.1 Å². The Kier molecular flexibility index (Phi) is 3.33. The van der Waals surface area contributed by atoms with Crippen molar-refractivity contribution in [2.24, 2.45) is 0 Å². The van der Waals surface area contributed by atoms with Gasteiger partial charge in [0.1, 0.15) is 0 Å². The number of hydrogen-bond donors (Lipinski definition) is 1. The summed E-state index contributed by atoms with van der Waals surface area (Å²) >= 11 is 0. The van der Waals surface area contributed by atoms with E-state index >= 15 is 0 Å². The molecular formula is C4H4FNO4S. The Morgan fingerprint density at radius 1 is 1.73 bits per heavy atom. The summed E-state index contributed by atoms with van der Waals surface area (Å²) in [6.07, 6.45) is 3.20. The largest absolute Gasteiger partial charge is 0.436 e. The van der Waals surface area contributed by atoms with Gasteiger partial charge < -0.3 is 4.74 Å².